The van der Waals surface area contributed by atoms with E-state index >= 15 is 0 Å². The second-order valence-corrected chi connectivity index (χ2v) is 19.8. The summed E-state index contributed by atoms with van der Waals surface area (Å²) >= 11 is 1.93. The molecule has 45 heavy (non-hydrogen) atoms. The van der Waals surface area contributed by atoms with Gasteiger partial charge in [-0.25, -0.2) is 0 Å². The molecular weight excluding hydrogens is 577 g/mol. The average molecular weight is 622 g/mol. The van der Waals surface area contributed by atoms with Gasteiger partial charge in [0.05, 0.1) is 0 Å². The Morgan fingerprint density at radius 3 is 1.69 bits per heavy atom. The maximum Gasteiger partial charge on any atom is 0.244 e. The van der Waals surface area contributed by atoms with E-state index in [1.54, 1.807) is 0 Å². The van der Waals surface area contributed by atoms with E-state index in [1.807, 2.05) is 11.8 Å². The van der Waals surface area contributed by atoms with E-state index in [0.29, 0.717) is 17.8 Å². The third kappa shape index (κ3) is 4.93. The lowest BCUT2D eigenvalue weighted by Gasteiger charge is -2.41. The molecule has 0 aliphatic carbocycles. The normalized spacial score (nSPS) is 14.8. The molecule has 0 unspecified atom stereocenters. The zero-order chi connectivity index (χ0) is 31.6. The molecule has 5 aromatic rings. The Hall–Kier alpha value is -3.47. The van der Waals surface area contributed by atoms with Crippen LogP contribution in [-0.2, 0) is 0 Å². The lowest BCUT2D eigenvalue weighted by atomic mass is 9.34. The molecule has 2 aliphatic rings. The first kappa shape index (κ1) is 30.2. The zero-order valence-corrected chi connectivity index (χ0v) is 29.8. The first-order valence-corrected chi connectivity index (χ1v) is 20.5. The monoisotopic (exact) mass is 621 g/mol. The van der Waals surface area contributed by atoms with Crippen molar-refractivity contribution in [2.24, 2.45) is 0 Å². The van der Waals surface area contributed by atoms with Gasteiger partial charge in [0, 0.05) is 26.9 Å². The third-order valence-electron chi connectivity index (χ3n) is 10.1. The van der Waals surface area contributed by atoms with Crippen LogP contribution in [0, 0.1) is 0 Å². The quantitative estimate of drug-likeness (QED) is 0.177. The molecule has 0 amide bonds. The van der Waals surface area contributed by atoms with Crippen molar-refractivity contribution in [1.29, 1.82) is 0 Å². The highest BCUT2D eigenvalue weighted by Crippen LogP contribution is 2.40. The van der Waals surface area contributed by atoms with Crippen molar-refractivity contribution in [3.63, 3.8) is 0 Å². The predicted molar refractivity (Wildman–Crippen MR) is 202 cm³/mol. The number of para-hydroxylation sites is 2. The highest BCUT2D eigenvalue weighted by atomic mass is 32.2. The largest absolute Gasteiger partial charge is 0.311 e. The number of anilines is 3. The summed E-state index contributed by atoms with van der Waals surface area (Å²) in [4.78, 5) is 5.29. The molecule has 0 bridgehead atoms. The van der Waals surface area contributed by atoms with Crippen molar-refractivity contribution in [2.45, 2.75) is 82.2 Å². The molecule has 4 heteroatoms. The third-order valence-corrected chi connectivity index (χ3v) is 14.8. The van der Waals surface area contributed by atoms with Crippen LogP contribution in [0.15, 0.2) is 113 Å². The van der Waals surface area contributed by atoms with Crippen molar-refractivity contribution in [2.75, 3.05) is 4.90 Å². The van der Waals surface area contributed by atoms with E-state index in [9.17, 15) is 0 Å². The summed E-state index contributed by atoms with van der Waals surface area (Å²) in [6, 6.07) is 39.7. The van der Waals surface area contributed by atoms with E-state index in [4.69, 9.17) is 0 Å². The molecule has 5 aromatic carbocycles. The van der Waals surface area contributed by atoms with Gasteiger partial charge in [-0.05, 0) is 81.2 Å². The van der Waals surface area contributed by atoms with Gasteiger partial charge < -0.3 is 4.90 Å². The molecule has 0 fully saturated rings. The van der Waals surface area contributed by atoms with Crippen molar-refractivity contribution >= 4 is 70.4 Å². The fourth-order valence-corrected chi connectivity index (χ4v) is 11.8. The minimum absolute atomic E-state index is 0.175. The van der Waals surface area contributed by atoms with Gasteiger partial charge in [0.1, 0.15) is 8.07 Å². The number of benzene rings is 5. The van der Waals surface area contributed by atoms with Crippen LogP contribution in [0.1, 0.15) is 76.0 Å². The Labute approximate surface area is 276 Å². The van der Waals surface area contributed by atoms with Gasteiger partial charge in [0.15, 0.2) is 0 Å². The Morgan fingerprint density at radius 2 is 1.11 bits per heavy atom. The summed E-state index contributed by atoms with van der Waals surface area (Å²) in [5, 5.41) is 3.01. The fraction of sp³-hybridized carbons (Fsp3) is 0.268. The van der Waals surface area contributed by atoms with E-state index in [0.717, 1.165) is 0 Å². The Kier molecular flexibility index (Phi) is 7.65. The summed E-state index contributed by atoms with van der Waals surface area (Å²) in [5.74, 6) is 1.35. The SMILES string of the molecule is CC(C)c1cc(C(C)C)c(B2c3ccccc3Sc3ccc(N4c5ccccc5[Si](C)(C)c5ccccc54)cc32)c(C(C)C)c1. The predicted octanol–water partition coefficient (Wildman–Crippen LogP) is 8.64. The van der Waals surface area contributed by atoms with E-state index in [1.165, 1.54) is 70.3 Å². The molecule has 0 spiro atoms. The van der Waals surface area contributed by atoms with E-state index in [-0.39, 0.29) is 6.71 Å². The molecule has 7 rings (SSSR count). The van der Waals surface area contributed by atoms with Crippen LogP contribution < -0.4 is 31.7 Å². The van der Waals surface area contributed by atoms with Gasteiger partial charge in [0.25, 0.3) is 0 Å². The van der Waals surface area contributed by atoms with Crippen LogP contribution >= 0.6 is 11.8 Å². The number of hydrogen-bond donors (Lipinski definition) is 0. The molecule has 226 valence electrons. The number of rotatable bonds is 5. The molecule has 0 N–H and O–H groups in total. The van der Waals surface area contributed by atoms with Crippen molar-refractivity contribution < 1.29 is 0 Å². The topological polar surface area (TPSA) is 3.24 Å². The summed E-state index contributed by atoms with van der Waals surface area (Å²) in [6.45, 7) is 19.3. The molecule has 0 saturated heterocycles. The van der Waals surface area contributed by atoms with Crippen LogP contribution in [0.4, 0.5) is 17.1 Å². The summed E-state index contributed by atoms with van der Waals surface area (Å²) < 4.78 is 0. The van der Waals surface area contributed by atoms with Crippen LogP contribution in [0.25, 0.3) is 0 Å². The van der Waals surface area contributed by atoms with Crippen LogP contribution in [-0.4, -0.2) is 14.8 Å². The van der Waals surface area contributed by atoms with Gasteiger partial charge >= 0.3 is 0 Å². The van der Waals surface area contributed by atoms with Crippen molar-refractivity contribution in [3.05, 3.63) is 120 Å². The van der Waals surface area contributed by atoms with Crippen LogP contribution in [0.3, 0.4) is 0 Å². The van der Waals surface area contributed by atoms with Gasteiger partial charge in [-0.15, -0.1) is 0 Å². The Bertz CT molecular complexity index is 1840. The lowest BCUT2D eigenvalue weighted by Crippen LogP contribution is -2.59. The second kappa shape index (κ2) is 11.4. The molecule has 1 nitrogen and oxygen atoms in total. The summed E-state index contributed by atoms with van der Waals surface area (Å²) in [7, 11) is -1.85. The van der Waals surface area contributed by atoms with Gasteiger partial charge in [-0.1, -0.05) is 150 Å². The summed E-state index contributed by atoms with van der Waals surface area (Å²) in [5.41, 5.74) is 12.7. The first-order valence-electron chi connectivity index (χ1n) is 16.7. The minimum atomic E-state index is -1.85. The molecule has 0 aromatic heterocycles. The smallest absolute Gasteiger partial charge is 0.244 e. The standard InChI is InChI=1S/C41H44BNSSi/c1-26(2)29-23-31(27(3)4)41(32(24-29)28(5)6)42-33-15-9-12-18-37(33)44-38-22-21-30(25-34(38)42)43-35-16-10-13-19-39(35)45(7,8)40-20-14-11-17-36(40)43/h9-28H,1-8H3. The average Bonchev–Trinajstić information content (AvgIpc) is 3.03. The maximum atomic E-state index is 2.54. The Morgan fingerprint density at radius 1 is 0.578 bits per heavy atom. The number of nitrogens with zero attached hydrogens (tertiary/aromatic N) is 1. The van der Waals surface area contributed by atoms with E-state index in [2.05, 4.69) is 163 Å². The minimum Gasteiger partial charge on any atom is -0.311 e. The fourth-order valence-electron chi connectivity index (χ4n) is 7.69. The van der Waals surface area contributed by atoms with Crippen molar-refractivity contribution in [3.8, 4) is 0 Å². The van der Waals surface area contributed by atoms with E-state index < -0.39 is 8.07 Å². The highest BCUT2D eigenvalue weighted by molar-refractivity contribution is 8.00. The molecule has 0 atom stereocenters. The molecule has 0 radical (unpaired) electrons. The molecular formula is C41H44BNSSi. The molecule has 2 aliphatic heterocycles. The van der Waals surface area contributed by atoms with Crippen LogP contribution in [0.5, 0.6) is 0 Å². The van der Waals surface area contributed by atoms with Gasteiger partial charge in [-0.2, -0.15) is 0 Å². The molecule has 0 saturated carbocycles. The highest BCUT2D eigenvalue weighted by Gasteiger charge is 2.40. The maximum absolute atomic E-state index is 2.54. The van der Waals surface area contributed by atoms with Crippen LogP contribution in [0.2, 0.25) is 13.1 Å². The number of hydrogen-bond acceptors (Lipinski definition) is 2. The summed E-state index contributed by atoms with van der Waals surface area (Å²) in [6.07, 6.45) is 0. The first-order chi connectivity index (χ1) is 21.6. The molecule has 2 heterocycles. The van der Waals surface area contributed by atoms with Crippen molar-refractivity contribution in [1.82, 2.24) is 0 Å². The Balaban J connectivity index is 1.51. The number of fused-ring (bicyclic) bond motifs is 4. The van der Waals surface area contributed by atoms with Gasteiger partial charge in [0.2, 0.25) is 6.71 Å². The zero-order valence-electron chi connectivity index (χ0n) is 28.0. The van der Waals surface area contributed by atoms with Gasteiger partial charge in [-0.3, -0.25) is 0 Å². The second-order valence-electron chi connectivity index (χ2n) is 14.4. The lowest BCUT2D eigenvalue weighted by molar-refractivity contribution is 0.812.